The number of pyridine rings is 1. The number of carbonyl (C=O) groups excluding carboxylic acids is 1. The van der Waals surface area contributed by atoms with Gasteiger partial charge in [-0.15, -0.1) is 0 Å². The van der Waals surface area contributed by atoms with Gasteiger partial charge in [-0.25, -0.2) is 14.2 Å². The van der Waals surface area contributed by atoms with Crippen LogP contribution in [0.5, 0.6) is 0 Å². The molecule has 2 aromatic carbocycles. The maximum atomic E-state index is 13.8. The summed E-state index contributed by atoms with van der Waals surface area (Å²) in [4.78, 5) is 29.3. The number of nitrogens with zero attached hydrogens (tertiary/aromatic N) is 1. The van der Waals surface area contributed by atoms with Gasteiger partial charge in [0.25, 0.3) is 5.91 Å². The molecular formula is C22H17BrF4N4O3. The number of aromatic nitrogens is 2. The lowest BCUT2D eigenvalue weighted by Gasteiger charge is -2.10. The minimum atomic E-state index is -5.08. The summed E-state index contributed by atoms with van der Waals surface area (Å²) >= 11 is 3.48. The predicted molar refractivity (Wildman–Crippen MR) is 122 cm³/mol. The molecule has 0 fully saturated rings. The Labute approximate surface area is 198 Å². The van der Waals surface area contributed by atoms with E-state index in [0.29, 0.717) is 35.2 Å². The van der Waals surface area contributed by atoms with Crippen molar-refractivity contribution in [2.24, 2.45) is 5.73 Å². The number of hydrogen-bond acceptors (Lipinski definition) is 4. The second kappa shape index (κ2) is 10.2. The molecule has 5 N–H and O–H groups in total. The zero-order valence-corrected chi connectivity index (χ0v) is 18.8. The van der Waals surface area contributed by atoms with Crippen LogP contribution in [-0.4, -0.2) is 46.2 Å². The Kier molecular flexibility index (Phi) is 7.52. The fraction of sp³-hybridized carbons (Fsp3) is 0.136. The lowest BCUT2D eigenvalue weighted by molar-refractivity contribution is -0.192. The topological polar surface area (TPSA) is 121 Å². The number of rotatable bonds is 4. The summed E-state index contributed by atoms with van der Waals surface area (Å²) in [5, 5.41) is 11.5. The van der Waals surface area contributed by atoms with Gasteiger partial charge in [-0.2, -0.15) is 13.2 Å². The summed E-state index contributed by atoms with van der Waals surface area (Å²) in [6.45, 7) is 0.700. The Hall–Kier alpha value is -3.51. The smallest absolute Gasteiger partial charge is 0.475 e. The zero-order chi connectivity index (χ0) is 25.0. The van der Waals surface area contributed by atoms with E-state index in [9.17, 15) is 22.4 Å². The van der Waals surface area contributed by atoms with Gasteiger partial charge in [0.1, 0.15) is 5.82 Å². The van der Waals surface area contributed by atoms with Crippen molar-refractivity contribution in [3.8, 4) is 11.3 Å². The molecule has 4 aromatic rings. The van der Waals surface area contributed by atoms with Crippen LogP contribution in [-0.2, 0) is 4.79 Å². The molecule has 0 aliphatic rings. The molecule has 12 heteroatoms. The molecule has 0 saturated heterocycles. The molecule has 0 radical (unpaired) electrons. The minimum Gasteiger partial charge on any atom is -0.475 e. The molecule has 1 amide bonds. The fourth-order valence-corrected chi connectivity index (χ4v) is 3.47. The van der Waals surface area contributed by atoms with E-state index in [4.69, 9.17) is 15.6 Å². The summed E-state index contributed by atoms with van der Waals surface area (Å²) in [6.07, 6.45) is -3.24. The van der Waals surface area contributed by atoms with Gasteiger partial charge in [0, 0.05) is 51.7 Å². The molecule has 0 saturated carbocycles. The van der Waals surface area contributed by atoms with Gasteiger partial charge in [0.2, 0.25) is 0 Å². The molecule has 2 heterocycles. The third-order valence-electron chi connectivity index (χ3n) is 4.61. The summed E-state index contributed by atoms with van der Waals surface area (Å²) in [6, 6.07) is 11.8. The van der Waals surface area contributed by atoms with Crippen LogP contribution < -0.4 is 11.1 Å². The first-order chi connectivity index (χ1) is 16.0. The van der Waals surface area contributed by atoms with Gasteiger partial charge in [-0.05, 0) is 36.4 Å². The highest BCUT2D eigenvalue weighted by molar-refractivity contribution is 9.10. The minimum absolute atomic E-state index is 0.262. The van der Waals surface area contributed by atoms with E-state index < -0.39 is 18.0 Å². The van der Waals surface area contributed by atoms with Gasteiger partial charge in [0.15, 0.2) is 0 Å². The zero-order valence-electron chi connectivity index (χ0n) is 17.2. The largest absolute Gasteiger partial charge is 0.490 e. The number of halogens is 5. The fourth-order valence-electron chi connectivity index (χ4n) is 3.11. The van der Waals surface area contributed by atoms with Crippen molar-refractivity contribution in [3.05, 3.63) is 64.5 Å². The Morgan fingerprint density at radius 1 is 1.12 bits per heavy atom. The van der Waals surface area contributed by atoms with Gasteiger partial charge in [0.05, 0.1) is 16.8 Å². The van der Waals surface area contributed by atoms with E-state index in [-0.39, 0.29) is 5.91 Å². The number of nitrogens with one attached hydrogen (secondary N) is 2. The maximum Gasteiger partial charge on any atom is 0.490 e. The van der Waals surface area contributed by atoms with E-state index in [1.54, 1.807) is 12.1 Å². The lowest BCUT2D eigenvalue weighted by atomic mass is 10.0. The van der Waals surface area contributed by atoms with Crippen molar-refractivity contribution in [2.45, 2.75) is 6.18 Å². The number of hydrogen-bond donors (Lipinski definition) is 4. The van der Waals surface area contributed by atoms with E-state index in [1.807, 2.05) is 24.4 Å². The third kappa shape index (κ3) is 5.69. The number of carboxylic acids is 1. The van der Waals surface area contributed by atoms with Gasteiger partial charge >= 0.3 is 12.1 Å². The molecule has 0 unspecified atom stereocenters. The highest BCUT2D eigenvalue weighted by Crippen LogP contribution is 2.32. The molecule has 0 atom stereocenters. The molecule has 4 rings (SSSR count). The molecule has 7 nitrogen and oxygen atoms in total. The van der Waals surface area contributed by atoms with Gasteiger partial charge in [-0.3, -0.25) is 4.79 Å². The summed E-state index contributed by atoms with van der Waals surface area (Å²) in [5.74, 6) is -3.42. The number of fused-ring (bicyclic) bond motifs is 2. The van der Waals surface area contributed by atoms with Gasteiger partial charge in [-0.1, -0.05) is 15.9 Å². The van der Waals surface area contributed by atoms with Crippen molar-refractivity contribution < 1.29 is 32.3 Å². The van der Waals surface area contributed by atoms with Crippen molar-refractivity contribution in [1.29, 1.82) is 0 Å². The van der Waals surface area contributed by atoms with Crippen molar-refractivity contribution >= 4 is 49.6 Å². The van der Waals surface area contributed by atoms with E-state index in [1.165, 1.54) is 12.1 Å². The normalized spacial score (nSPS) is 11.2. The van der Waals surface area contributed by atoms with Crippen LogP contribution >= 0.6 is 15.9 Å². The Morgan fingerprint density at radius 3 is 2.47 bits per heavy atom. The molecule has 0 aliphatic heterocycles. The number of nitrogens with two attached hydrogens (primary N) is 1. The number of aromatic amines is 1. The molecular weight excluding hydrogens is 524 g/mol. The first-order valence-corrected chi connectivity index (χ1v) is 10.5. The Bertz CT molecular complexity index is 1370. The van der Waals surface area contributed by atoms with Crippen molar-refractivity contribution in [2.75, 3.05) is 13.1 Å². The van der Waals surface area contributed by atoms with E-state index in [0.717, 1.165) is 20.9 Å². The Morgan fingerprint density at radius 2 is 1.82 bits per heavy atom. The summed E-state index contributed by atoms with van der Waals surface area (Å²) in [7, 11) is 0. The van der Waals surface area contributed by atoms with E-state index in [2.05, 4.69) is 31.2 Å². The molecule has 34 heavy (non-hydrogen) atoms. The summed E-state index contributed by atoms with van der Waals surface area (Å²) < 4.78 is 46.5. The second-order valence-electron chi connectivity index (χ2n) is 6.96. The number of benzene rings is 2. The van der Waals surface area contributed by atoms with Crippen molar-refractivity contribution in [3.63, 3.8) is 0 Å². The first kappa shape index (κ1) is 25.1. The standard InChI is InChI=1S/C20H16BrFN4O.C2HF3O2/c21-11-1-4-17-14(7-11)16(10-25-17)19-9-15(20(27)24-6-5-23)13-3-2-12(22)8-18(13)26-19;3-2(4,5)1(6)7/h1-4,7-10,25H,5-6,23H2,(H,24,27);(H,6,7). The number of carboxylic acid groups (broad SMARTS) is 1. The Balaban J connectivity index is 0.000000406. The van der Waals surface area contributed by atoms with Crippen LogP contribution in [0.15, 0.2) is 53.1 Å². The van der Waals surface area contributed by atoms with E-state index >= 15 is 0 Å². The van der Waals surface area contributed by atoms with Crippen LogP contribution in [0.1, 0.15) is 10.4 Å². The third-order valence-corrected chi connectivity index (χ3v) is 5.10. The molecule has 2 aromatic heterocycles. The predicted octanol–water partition coefficient (Wildman–Crippen LogP) is 4.61. The SMILES string of the molecule is NCCNC(=O)c1cc(-c2c[nH]c3ccc(Br)cc23)nc2cc(F)ccc12.O=C(O)C(F)(F)F. The van der Waals surface area contributed by atoms with Crippen LogP contribution in [0.25, 0.3) is 33.1 Å². The molecule has 0 spiro atoms. The van der Waals surface area contributed by atoms with Crippen LogP contribution in [0.3, 0.4) is 0 Å². The monoisotopic (exact) mass is 540 g/mol. The molecule has 0 aliphatic carbocycles. The number of alkyl halides is 3. The number of carbonyl (C=O) groups is 2. The van der Waals surface area contributed by atoms with Crippen LogP contribution in [0, 0.1) is 5.82 Å². The lowest BCUT2D eigenvalue weighted by Crippen LogP contribution is -2.29. The maximum absolute atomic E-state index is 13.8. The number of H-pyrrole nitrogens is 1. The highest BCUT2D eigenvalue weighted by Gasteiger charge is 2.38. The second-order valence-corrected chi connectivity index (χ2v) is 7.87. The molecule has 0 bridgehead atoms. The number of amides is 1. The van der Waals surface area contributed by atoms with Crippen LogP contribution in [0.4, 0.5) is 17.6 Å². The van der Waals surface area contributed by atoms with Crippen molar-refractivity contribution in [1.82, 2.24) is 15.3 Å². The summed E-state index contributed by atoms with van der Waals surface area (Å²) in [5.41, 5.74) is 8.73. The first-order valence-electron chi connectivity index (χ1n) is 9.67. The highest BCUT2D eigenvalue weighted by atomic mass is 79.9. The average Bonchev–Trinajstić information content (AvgIpc) is 3.19. The van der Waals surface area contributed by atoms with Crippen LogP contribution in [0.2, 0.25) is 0 Å². The quantitative estimate of drug-likeness (QED) is 0.282. The number of aliphatic carboxylic acids is 1. The molecule has 178 valence electrons. The van der Waals surface area contributed by atoms with Gasteiger partial charge < -0.3 is 21.1 Å². The average molecular weight is 541 g/mol.